The first-order valence-corrected chi connectivity index (χ1v) is 4.54. The molecule has 0 aromatic rings. The first-order chi connectivity index (χ1) is 5.61. The number of nitrogens with zero attached hydrogens (tertiary/aromatic N) is 1. The van der Waals surface area contributed by atoms with E-state index in [4.69, 9.17) is 5.11 Å². The molecule has 0 aliphatic heterocycles. The van der Waals surface area contributed by atoms with E-state index in [0.29, 0.717) is 5.92 Å². The number of hydrogen-bond acceptors (Lipinski definition) is 2. The zero-order valence-corrected chi connectivity index (χ0v) is 7.79. The summed E-state index contributed by atoms with van der Waals surface area (Å²) in [6.07, 6.45) is 2.91. The van der Waals surface area contributed by atoms with Crippen molar-refractivity contribution in [3.63, 3.8) is 0 Å². The van der Waals surface area contributed by atoms with E-state index < -0.39 is 6.10 Å². The molecule has 0 spiro atoms. The van der Waals surface area contributed by atoms with E-state index >= 15 is 0 Å². The van der Waals surface area contributed by atoms with Crippen LogP contribution in [0.5, 0.6) is 0 Å². The summed E-state index contributed by atoms with van der Waals surface area (Å²) < 4.78 is 0. The minimum absolute atomic E-state index is 0.165. The van der Waals surface area contributed by atoms with Crippen LogP contribution in [0.15, 0.2) is 0 Å². The lowest BCUT2D eigenvalue weighted by Gasteiger charge is -2.30. The Bertz CT molecular complexity index is 164. The lowest BCUT2D eigenvalue weighted by Crippen LogP contribution is -2.39. The monoisotopic (exact) mass is 171 g/mol. The molecule has 1 fully saturated rings. The minimum Gasteiger partial charge on any atom is -0.384 e. The van der Waals surface area contributed by atoms with Gasteiger partial charge in [0.05, 0.1) is 0 Å². The first-order valence-electron chi connectivity index (χ1n) is 4.54. The van der Waals surface area contributed by atoms with E-state index in [1.165, 1.54) is 26.2 Å². The van der Waals surface area contributed by atoms with Crippen molar-refractivity contribution in [3.8, 4) is 0 Å². The fourth-order valence-electron chi connectivity index (χ4n) is 1.47. The van der Waals surface area contributed by atoms with Crippen molar-refractivity contribution in [3.05, 3.63) is 0 Å². The van der Waals surface area contributed by atoms with Crippen LogP contribution < -0.4 is 0 Å². The molecule has 1 atom stereocenters. The highest BCUT2D eigenvalue weighted by atomic mass is 16.3. The van der Waals surface area contributed by atoms with Crippen molar-refractivity contribution in [1.29, 1.82) is 0 Å². The van der Waals surface area contributed by atoms with Crippen LogP contribution in [0.3, 0.4) is 0 Å². The van der Waals surface area contributed by atoms with E-state index in [2.05, 4.69) is 0 Å². The molecule has 1 aliphatic rings. The highest BCUT2D eigenvalue weighted by Gasteiger charge is 2.22. The average Bonchev–Trinajstić information content (AvgIpc) is 1.94. The van der Waals surface area contributed by atoms with Crippen LogP contribution in [-0.2, 0) is 4.79 Å². The molecule has 1 amide bonds. The molecule has 0 heterocycles. The highest BCUT2D eigenvalue weighted by Crippen LogP contribution is 2.26. The first kappa shape index (κ1) is 9.52. The lowest BCUT2D eigenvalue weighted by molar-refractivity contribution is -0.138. The van der Waals surface area contributed by atoms with E-state index in [1.54, 1.807) is 11.9 Å². The largest absolute Gasteiger partial charge is 0.384 e. The maximum absolute atomic E-state index is 11.2. The van der Waals surface area contributed by atoms with Crippen LogP contribution >= 0.6 is 0 Å². The smallest absolute Gasteiger partial charge is 0.250 e. The second-order valence-corrected chi connectivity index (χ2v) is 3.69. The molecule has 1 aliphatic carbocycles. The number of aliphatic hydroxyl groups is 1. The lowest BCUT2D eigenvalue weighted by atomic mass is 9.85. The number of likely N-dealkylation sites (N-methyl/N-ethyl adjacent to an activating group) is 1. The molecule has 1 N–H and O–H groups in total. The summed E-state index contributed by atoms with van der Waals surface area (Å²) in [6.45, 7) is 2.32. The zero-order valence-electron chi connectivity index (χ0n) is 7.79. The molecule has 1 unspecified atom stereocenters. The van der Waals surface area contributed by atoms with E-state index in [-0.39, 0.29) is 5.91 Å². The van der Waals surface area contributed by atoms with Crippen molar-refractivity contribution in [2.75, 3.05) is 13.6 Å². The van der Waals surface area contributed by atoms with Gasteiger partial charge in [-0.05, 0) is 25.7 Å². The van der Waals surface area contributed by atoms with Crippen LogP contribution in [0.4, 0.5) is 0 Å². The van der Waals surface area contributed by atoms with Gasteiger partial charge in [-0.3, -0.25) is 4.79 Å². The van der Waals surface area contributed by atoms with Crippen molar-refractivity contribution in [1.82, 2.24) is 4.90 Å². The van der Waals surface area contributed by atoms with Crippen LogP contribution in [0, 0.1) is 5.92 Å². The Morgan fingerprint density at radius 1 is 1.67 bits per heavy atom. The average molecular weight is 171 g/mol. The fourth-order valence-corrected chi connectivity index (χ4v) is 1.47. The number of carbonyl (C=O) groups excluding carboxylic acids is 1. The topological polar surface area (TPSA) is 40.5 Å². The minimum atomic E-state index is -0.852. The van der Waals surface area contributed by atoms with Crippen LogP contribution in [0.2, 0.25) is 0 Å². The van der Waals surface area contributed by atoms with Gasteiger partial charge in [-0.25, -0.2) is 0 Å². The Morgan fingerprint density at radius 2 is 2.25 bits per heavy atom. The van der Waals surface area contributed by atoms with Crippen LogP contribution in [0.1, 0.15) is 26.2 Å². The molecule has 70 valence electrons. The Balaban J connectivity index is 2.26. The van der Waals surface area contributed by atoms with Crippen LogP contribution in [0.25, 0.3) is 0 Å². The Morgan fingerprint density at radius 3 is 2.58 bits per heavy atom. The van der Waals surface area contributed by atoms with Gasteiger partial charge < -0.3 is 10.0 Å². The second kappa shape index (κ2) is 3.90. The maximum atomic E-state index is 11.2. The standard InChI is InChI=1S/C9H17NO2/c1-7(11)9(12)10(2)6-8-4-3-5-8/h7-8,11H,3-6H2,1-2H3. The SMILES string of the molecule is CC(O)C(=O)N(C)CC1CCC1. The normalized spacial score (nSPS) is 19.9. The molecule has 0 aromatic heterocycles. The van der Waals surface area contributed by atoms with Gasteiger partial charge in [0.15, 0.2) is 0 Å². The van der Waals surface area contributed by atoms with Gasteiger partial charge in [-0.1, -0.05) is 6.42 Å². The Hall–Kier alpha value is -0.570. The third kappa shape index (κ3) is 2.21. The summed E-state index contributed by atoms with van der Waals surface area (Å²) in [4.78, 5) is 12.8. The Labute approximate surface area is 73.4 Å². The number of rotatable bonds is 3. The third-order valence-electron chi connectivity index (χ3n) is 2.49. The highest BCUT2D eigenvalue weighted by molar-refractivity contribution is 5.79. The summed E-state index contributed by atoms with van der Waals surface area (Å²) >= 11 is 0. The Kier molecular flexibility index (Phi) is 3.09. The predicted molar refractivity (Wildman–Crippen MR) is 46.7 cm³/mol. The van der Waals surface area contributed by atoms with Crippen molar-refractivity contribution < 1.29 is 9.90 Å². The molecule has 0 bridgehead atoms. The predicted octanol–water partition coefficient (Wildman–Crippen LogP) is 0.626. The molecular weight excluding hydrogens is 154 g/mol. The van der Waals surface area contributed by atoms with Crippen LogP contribution in [-0.4, -0.2) is 35.6 Å². The van der Waals surface area contributed by atoms with Gasteiger partial charge >= 0.3 is 0 Å². The van der Waals surface area contributed by atoms with Crippen molar-refractivity contribution in [2.45, 2.75) is 32.3 Å². The van der Waals surface area contributed by atoms with Gasteiger partial charge in [0.1, 0.15) is 6.10 Å². The van der Waals surface area contributed by atoms with Gasteiger partial charge in [-0.2, -0.15) is 0 Å². The summed E-state index contributed by atoms with van der Waals surface area (Å²) in [5.41, 5.74) is 0. The second-order valence-electron chi connectivity index (χ2n) is 3.69. The van der Waals surface area contributed by atoms with Crippen molar-refractivity contribution >= 4 is 5.91 Å². The molecule has 3 heteroatoms. The van der Waals surface area contributed by atoms with E-state index in [1.807, 2.05) is 0 Å². The zero-order chi connectivity index (χ0) is 9.14. The fraction of sp³-hybridized carbons (Fsp3) is 0.889. The molecule has 0 saturated heterocycles. The summed E-state index contributed by atoms with van der Waals surface area (Å²) in [6, 6.07) is 0. The van der Waals surface area contributed by atoms with Gasteiger partial charge in [-0.15, -0.1) is 0 Å². The number of carbonyl (C=O) groups is 1. The molecule has 12 heavy (non-hydrogen) atoms. The molecule has 1 saturated carbocycles. The quantitative estimate of drug-likeness (QED) is 0.676. The summed E-state index contributed by atoms with van der Waals surface area (Å²) in [7, 11) is 1.76. The maximum Gasteiger partial charge on any atom is 0.250 e. The number of aliphatic hydroxyl groups excluding tert-OH is 1. The molecule has 0 aromatic carbocycles. The van der Waals surface area contributed by atoms with Gasteiger partial charge in [0, 0.05) is 13.6 Å². The number of hydrogen-bond donors (Lipinski definition) is 1. The van der Waals surface area contributed by atoms with E-state index in [9.17, 15) is 4.79 Å². The third-order valence-corrected chi connectivity index (χ3v) is 2.49. The molecule has 0 radical (unpaired) electrons. The molecule has 1 rings (SSSR count). The van der Waals surface area contributed by atoms with Crippen molar-refractivity contribution in [2.24, 2.45) is 5.92 Å². The molecule has 3 nitrogen and oxygen atoms in total. The van der Waals surface area contributed by atoms with E-state index in [0.717, 1.165) is 6.54 Å². The number of amides is 1. The molecular formula is C9H17NO2. The summed E-state index contributed by atoms with van der Waals surface area (Å²) in [5, 5.41) is 9.00. The van der Waals surface area contributed by atoms with Gasteiger partial charge in [0.2, 0.25) is 0 Å². The summed E-state index contributed by atoms with van der Waals surface area (Å²) in [5.74, 6) is 0.514. The van der Waals surface area contributed by atoms with Gasteiger partial charge in [0.25, 0.3) is 5.91 Å².